The first-order valence-corrected chi connectivity index (χ1v) is 7.44. The summed E-state index contributed by atoms with van der Waals surface area (Å²) < 4.78 is 0. The summed E-state index contributed by atoms with van der Waals surface area (Å²) in [5.41, 5.74) is 7.98. The quantitative estimate of drug-likeness (QED) is 0.388. The van der Waals surface area contributed by atoms with Gasteiger partial charge in [0, 0.05) is 30.2 Å². The molecule has 0 bridgehead atoms. The topological polar surface area (TPSA) is 67.2 Å². The molecule has 0 fully saturated rings. The fourth-order valence-electron chi connectivity index (χ4n) is 1.55. The van der Waals surface area contributed by atoms with E-state index in [0.29, 0.717) is 17.8 Å². The van der Waals surface area contributed by atoms with Gasteiger partial charge < -0.3 is 16.4 Å². The molecule has 0 radical (unpaired) electrons. The Morgan fingerprint density at radius 2 is 2.32 bits per heavy atom. The van der Waals surface area contributed by atoms with Crippen LogP contribution in [0.1, 0.15) is 17.3 Å². The molecule has 0 unspecified atom stereocenters. The van der Waals surface area contributed by atoms with Crippen molar-refractivity contribution < 1.29 is 4.79 Å². The number of nitrogens with two attached hydrogens (primary N) is 1. The average molecular weight is 279 g/mol. The summed E-state index contributed by atoms with van der Waals surface area (Å²) in [6.45, 7) is 7.01. The van der Waals surface area contributed by atoms with Gasteiger partial charge in [-0.25, -0.2) is 0 Å². The SMILES string of the molecule is C=CCSCCNc1ccc(C(=O)NCC)cc1N. The lowest BCUT2D eigenvalue weighted by atomic mass is 10.1. The van der Waals surface area contributed by atoms with Crippen LogP contribution in [0.5, 0.6) is 0 Å². The summed E-state index contributed by atoms with van der Waals surface area (Å²) in [6.07, 6.45) is 1.89. The van der Waals surface area contributed by atoms with E-state index in [4.69, 9.17) is 5.73 Å². The number of hydrogen-bond donors (Lipinski definition) is 3. The van der Waals surface area contributed by atoms with Gasteiger partial charge in [-0.2, -0.15) is 11.8 Å². The lowest BCUT2D eigenvalue weighted by molar-refractivity contribution is 0.0956. The molecule has 4 N–H and O–H groups in total. The molecule has 0 atom stereocenters. The highest BCUT2D eigenvalue weighted by atomic mass is 32.2. The van der Waals surface area contributed by atoms with Gasteiger partial charge in [-0.15, -0.1) is 6.58 Å². The predicted octanol–water partition coefficient (Wildman–Crippen LogP) is 2.35. The minimum Gasteiger partial charge on any atom is -0.397 e. The molecular weight excluding hydrogens is 258 g/mol. The maximum atomic E-state index is 11.6. The highest BCUT2D eigenvalue weighted by Crippen LogP contribution is 2.19. The third kappa shape index (κ3) is 5.26. The lowest BCUT2D eigenvalue weighted by Crippen LogP contribution is -2.22. The molecule has 1 rings (SSSR count). The Balaban J connectivity index is 2.52. The third-order valence-electron chi connectivity index (χ3n) is 2.45. The van der Waals surface area contributed by atoms with Crippen LogP contribution in [0.25, 0.3) is 0 Å². The first kappa shape index (κ1) is 15.4. The van der Waals surface area contributed by atoms with Crippen LogP contribution in [0.3, 0.4) is 0 Å². The van der Waals surface area contributed by atoms with E-state index >= 15 is 0 Å². The van der Waals surface area contributed by atoms with Gasteiger partial charge in [0.1, 0.15) is 0 Å². The van der Waals surface area contributed by atoms with E-state index in [1.807, 2.05) is 30.8 Å². The molecule has 0 aliphatic carbocycles. The zero-order valence-corrected chi connectivity index (χ0v) is 12.1. The molecule has 19 heavy (non-hydrogen) atoms. The van der Waals surface area contributed by atoms with Crippen molar-refractivity contribution in [2.24, 2.45) is 0 Å². The van der Waals surface area contributed by atoms with E-state index in [1.165, 1.54) is 0 Å². The van der Waals surface area contributed by atoms with Gasteiger partial charge in [-0.1, -0.05) is 6.08 Å². The molecule has 5 heteroatoms. The van der Waals surface area contributed by atoms with Crippen molar-refractivity contribution in [3.63, 3.8) is 0 Å². The second-order valence-electron chi connectivity index (χ2n) is 3.95. The number of carbonyl (C=O) groups is 1. The molecule has 0 spiro atoms. The average Bonchev–Trinajstić information content (AvgIpc) is 2.40. The maximum absolute atomic E-state index is 11.6. The lowest BCUT2D eigenvalue weighted by Gasteiger charge is -2.10. The smallest absolute Gasteiger partial charge is 0.251 e. The molecule has 104 valence electrons. The number of carbonyl (C=O) groups excluding carboxylic acids is 1. The maximum Gasteiger partial charge on any atom is 0.251 e. The summed E-state index contributed by atoms with van der Waals surface area (Å²) in [4.78, 5) is 11.6. The zero-order valence-electron chi connectivity index (χ0n) is 11.2. The Morgan fingerprint density at radius 1 is 1.53 bits per heavy atom. The van der Waals surface area contributed by atoms with Crippen LogP contribution in [0.2, 0.25) is 0 Å². The second-order valence-corrected chi connectivity index (χ2v) is 5.10. The molecule has 1 amide bonds. The number of nitrogen functional groups attached to an aromatic ring is 1. The fraction of sp³-hybridized carbons (Fsp3) is 0.357. The molecule has 0 aliphatic rings. The van der Waals surface area contributed by atoms with Crippen molar-refractivity contribution in [3.05, 3.63) is 36.4 Å². The van der Waals surface area contributed by atoms with E-state index in [2.05, 4.69) is 17.2 Å². The number of rotatable bonds is 8. The Hall–Kier alpha value is -1.62. The highest BCUT2D eigenvalue weighted by molar-refractivity contribution is 7.99. The summed E-state index contributed by atoms with van der Waals surface area (Å²) in [5, 5.41) is 6.01. The summed E-state index contributed by atoms with van der Waals surface area (Å²) in [5.74, 6) is 1.85. The normalized spacial score (nSPS) is 9.95. The van der Waals surface area contributed by atoms with Crippen molar-refractivity contribution in [1.29, 1.82) is 0 Å². The summed E-state index contributed by atoms with van der Waals surface area (Å²) >= 11 is 1.81. The Labute approximate surface area is 118 Å². The van der Waals surface area contributed by atoms with Crippen LogP contribution in [0, 0.1) is 0 Å². The van der Waals surface area contributed by atoms with E-state index in [1.54, 1.807) is 12.1 Å². The first-order chi connectivity index (χ1) is 9.19. The number of thioether (sulfide) groups is 1. The van der Waals surface area contributed by atoms with Gasteiger partial charge in [0.25, 0.3) is 5.91 Å². The second kappa shape index (κ2) is 8.48. The Morgan fingerprint density at radius 3 is 2.95 bits per heavy atom. The van der Waals surface area contributed by atoms with E-state index in [0.717, 1.165) is 23.7 Å². The van der Waals surface area contributed by atoms with Gasteiger partial charge in [0.05, 0.1) is 11.4 Å². The minimum atomic E-state index is -0.0951. The van der Waals surface area contributed by atoms with Gasteiger partial charge in [0.2, 0.25) is 0 Å². The summed E-state index contributed by atoms with van der Waals surface area (Å²) in [7, 11) is 0. The molecule has 4 nitrogen and oxygen atoms in total. The zero-order chi connectivity index (χ0) is 14.1. The molecule has 1 aromatic carbocycles. The van der Waals surface area contributed by atoms with Gasteiger partial charge in [-0.05, 0) is 25.1 Å². The van der Waals surface area contributed by atoms with Gasteiger partial charge >= 0.3 is 0 Å². The number of amides is 1. The number of anilines is 2. The molecule has 0 aromatic heterocycles. The van der Waals surface area contributed by atoms with Crippen LogP contribution in [0.4, 0.5) is 11.4 Å². The van der Waals surface area contributed by atoms with E-state index in [9.17, 15) is 4.79 Å². The van der Waals surface area contributed by atoms with Crippen molar-refractivity contribution in [2.75, 3.05) is 35.6 Å². The van der Waals surface area contributed by atoms with Crippen LogP contribution < -0.4 is 16.4 Å². The molecule has 0 heterocycles. The number of hydrogen-bond acceptors (Lipinski definition) is 4. The molecule has 0 aliphatic heterocycles. The highest BCUT2D eigenvalue weighted by Gasteiger charge is 2.06. The van der Waals surface area contributed by atoms with E-state index in [-0.39, 0.29) is 5.91 Å². The standard InChI is InChI=1S/C14H21N3OS/c1-3-8-19-9-7-17-13-6-5-11(10-12(13)15)14(18)16-4-2/h3,5-6,10,17H,1,4,7-9,15H2,2H3,(H,16,18). The third-order valence-corrected chi connectivity index (χ3v) is 3.41. The summed E-state index contributed by atoms with van der Waals surface area (Å²) in [6, 6.07) is 5.32. The number of nitrogens with one attached hydrogen (secondary N) is 2. The monoisotopic (exact) mass is 279 g/mol. The molecular formula is C14H21N3OS. The fourth-order valence-corrected chi connectivity index (χ4v) is 2.13. The van der Waals surface area contributed by atoms with Crippen LogP contribution in [-0.2, 0) is 0 Å². The van der Waals surface area contributed by atoms with Crippen LogP contribution >= 0.6 is 11.8 Å². The van der Waals surface area contributed by atoms with Crippen molar-refractivity contribution in [1.82, 2.24) is 5.32 Å². The first-order valence-electron chi connectivity index (χ1n) is 6.29. The van der Waals surface area contributed by atoms with E-state index < -0.39 is 0 Å². The van der Waals surface area contributed by atoms with Crippen molar-refractivity contribution in [3.8, 4) is 0 Å². The predicted molar refractivity (Wildman–Crippen MR) is 84.9 cm³/mol. The van der Waals surface area contributed by atoms with Crippen LogP contribution in [-0.4, -0.2) is 30.5 Å². The van der Waals surface area contributed by atoms with Gasteiger partial charge in [0.15, 0.2) is 0 Å². The number of benzene rings is 1. The van der Waals surface area contributed by atoms with Gasteiger partial charge in [-0.3, -0.25) is 4.79 Å². The molecule has 0 saturated heterocycles. The van der Waals surface area contributed by atoms with Crippen molar-refractivity contribution >= 4 is 29.0 Å². The molecule has 0 saturated carbocycles. The Bertz CT molecular complexity index is 435. The minimum absolute atomic E-state index is 0.0951. The Kier molecular flexibility index (Phi) is 6.89. The molecule has 1 aromatic rings. The van der Waals surface area contributed by atoms with Crippen LogP contribution in [0.15, 0.2) is 30.9 Å². The largest absolute Gasteiger partial charge is 0.397 e. The van der Waals surface area contributed by atoms with Crippen molar-refractivity contribution in [2.45, 2.75) is 6.92 Å².